The van der Waals surface area contributed by atoms with Gasteiger partial charge in [0.2, 0.25) is 6.71 Å². The highest BCUT2D eigenvalue weighted by Gasteiger charge is 2.42. The lowest BCUT2D eigenvalue weighted by Gasteiger charge is -2.45. The molecule has 0 radical (unpaired) electrons. The molecule has 0 atom stereocenters. The molecule has 3 heteroatoms. The number of aryl methyl sites for hydroxylation is 1. The van der Waals surface area contributed by atoms with Crippen LogP contribution in [0.1, 0.15) is 38.7 Å². The maximum atomic E-state index is 2.51. The summed E-state index contributed by atoms with van der Waals surface area (Å²) in [5, 5.41) is 0. The molecule has 0 unspecified atom stereocenters. The summed E-state index contributed by atoms with van der Waals surface area (Å²) in [4.78, 5) is 4.97. The SMILES string of the molecule is CC/C=C\C1=C(C)B2c3cccc(C)c3N(C3=CCCC=C3)c3cccc(c32)N1c1ccccc1. The van der Waals surface area contributed by atoms with E-state index in [1.54, 1.807) is 0 Å². The van der Waals surface area contributed by atoms with E-state index in [0.717, 1.165) is 19.3 Å². The van der Waals surface area contributed by atoms with Crippen molar-refractivity contribution in [1.82, 2.24) is 0 Å². The fourth-order valence-corrected chi connectivity index (χ4v) is 5.95. The van der Waals surface area contributed by atoms with Gasteiger partial charge in [-0.1, -0.05) is 73.1 Å². The Morgan fingerprint density at radius 1 is 0.857 bits per heavy atom. The van der Waals surface area contributed by atoms with Crippen LogP contribution in [-0.4, -0.2) is 6.71 Å². The number of para-hydroxylation sites is 2. The van der Waals surface area contributed by atoms with Gasteiger partial charge in [0.25, 0.3) is 0 Å². The van der Waals surface area contributed by atoms with E-state index in [0.29, 0.717) is 0 Å². The Kier molecular flexibility index (Phi) is 5.49. The van der Waals surface area contributed by atoms with Gasteiger partial charge in [-0.25, -0.2) is 0 Å². The van der Waals surface area contributed by atoms with Crippen LogP contribution in [0.3, 0.4) is 0 Å². The van der Waals surface area contributed by atoms with Gasteiger partial charge in [0, 0.05) is 34.1 Å². The van der Waals surface area contributed by atoms with Gasteiger partial charge in [-0.05, 0) is 86.0 Å². The number of anilines is 4. The van der Waals surface area contributed by atoms with Gasteiger partial charge >= 0.3 is 0 Å². The molecule has 3 aromatic carbocycles. The first kappa shape index (κ1) is 21.8. The lowest BCUT2D eigenvalue weighted by atomic mass is 9.33. The van der Waals surface area contributed by atoms with E-state index in [1.807, 2.05) is 0 Å². The molecule has 2 heterocycles. The molecule has 1 aliphatic carbocycles. The molecule has 0 saturated carbocycles. The van der Waals surface area contributed by atoms with Gasteiger partial charge in [-0.2, -0.15) is 0 Å². The fraction of sp³-hybridized carbons (Fsp3) is 0.188. The molecule has 0 spiro atoms. The van der Waals surface area contributed by atoms with Crippen LogP contribution in [0.5, 0.6) is 0 Å². The summed E-state index contributed by atoms with van der Waals surface area (Å²) in [6.45, 7) is 7.02. The summed E-state index contributed by atoms with van der Waals surface area (Å²) < 4.78 is 0. The third-order valence-electron chi connectivity index (χ3n) is 7.47. The molecule has 0 fully saturated rings. The van der Waals surface area contributed by atoms with E-state index >= 15 is 0 Å². The van der Waals surface area contributed by atoms with Gasteiger partial charge in [-0.3, -0.25) is 0 Å². The second-order valence-corrected chi connectivity index (χ2v) is 9.65. The third kappa shape index (κ3) is 3.41. The zero-order valence-electron chi connectivity index (χ0n) is 20.8. The van der Waals surface area contributed by atoms with E-state index in [9.17, 15) is 0 Å². The summed E-state index contributed by atoms with van der Waals surface area (Å²) in [7, 11) is 0. The Hall–Kier alpha value is -3.72. The molecular formula is C32H31BN2. The monoisotopic (exact) mass is 454 g/mol. The van der Waals surface area contributed by atoms with Crippen LogP contribution in [0.15, 0.2) is 114 Å². The van der Waals surface area contributed by atoms with E-state index in [2.05, 4.69) is 128 Å². The number of hydrogen-bond acceptors (Lipinski definition) is 2. The van der Waals surface area contributed by atoms with Crippen molar-refractivity contribution in [2.75, 3.05) is 9.80 Å². The van der Waals surface area contributed by atoms with Crippen LogP contribution >= 0.6 is 0 Å². The number of rotatable bonds is 4. The van der Waals surface area contributed by atoms with Crippen LogP contribution in [0, 0.1) is 6.92 Å². The summed E-state index contributed by atoms with van der Waals surface area (Å²) in [6.07, 6.45) is 14.8. The quantitative estimate of drug-likeness (QED) is 0.384. The topological polar surface area (TPSA) is 6.48 Å². The summed E-state index contributed by atoms with van der Waals surface area (Å²) in [6, 6.07) is 24.5. The fourth-order valence-electron chi connectivity index (χ4n) is 5.95. The minimum Gasteiger partial charge on any atom is -0.312 e. The van der Waals surface area contributed by atoms with Gasteiger partial charge in [0.1, 0.15) is 0 Å². The maximum Gasteiger partial charge on any atom is 0.247 e. The molecule has 0 bridgehead atoms. The standard InChI is InChI=1S/C32H31BN2/c1-4-5-20-28-24(3)33-27-19-12-14-23(2)32(27)35(26-17-10-7-11-18-26)30-22-13-21-29(31(30)33)34(28)25-15-8-6-9-16-25/h5-6,8-10,12-22H,4,7,11H2,1-3H3/b20-5-. The number of allylic oxidation sites excluding steroid dienone is 6. The lowest BCUT2D eigenvalue weighted by molar-refractivity contribution is 0.996. The molecule has 3 aromatic rings. The Balaban J connectivity index is 1.69. The minimum atomic E-state index is 0.233. The minimum absolute atomic E-state index is 0.233. The first-order valence-electron chi connectivity index (χ1n) is 12.8. The second kappa shape index (κ2) is 8.81. The van der Waals surface area contributed by atoms with Gasteiger partial charge in [-0.15, -0.1) is 0 Å². The van der Waals surface area contributed by atoms with E-state index in [-0.39, 0.29) is 6.71 Å². The van der Waals surface area contributed by atoms with Crippen molar-refractivity contribution in [3.63, 3.8) is 0 Å². The molecule has 6 rings (SSSR count). The molecular weight excluding hydrogens is 423 g/mol. The molecule has 0 saturated heterocycles. The van der Waals surface area contributed by atoms with Crippen molar-refractivity contribution in [2.45, 2.75) is 40.0 Å². The predicted molar refractivity (Wildman–Crippen MR) is 152 cm³/mol. The van der Waals surface area contributed by atoms with Gasteiger partial charge in [0.15, 0.2) is 0 Å². The highest BCUT2D eigenvalue weighted by molar-refractivity contribution is 6.95. The molecule has 0 amide bonds. The van der Waals surface area contributed by atoms with E-state index < -0.39 is 0 Å². The lowest BCUT2D eigenvalue weighted by Crippen LogP contribution is -2.56. The Labute approximate surface area is 209 Å². The molecule has 2 aliphatic heterocycles. The number of nitrogens with zero attached hydrogens (tertiary/aromatic N) is 2. The average molecular weight is 454 g/mol. The third-order valence-corrected chi connectivity index (χ3v) is 7.47. The Bertz CT molecular complexity index is 1410. The molecule has 0 N–H and O–H groups in total. The summed E-state index contributed by atoms with van der Waals surface area (Å²) in [5.41, 5.74) is 13.2. The van der Waals surface area contributed by atoms with Crippen molar-refractivity contribution in [3.8, 4) is 0 Å². The zero-order valence-corrected chi connectivity index (χ0v) is 20.8. The van der Waals surface area contributed by atoms with Crippen molar-refractivity contribution in [3.05, 3.63) is 120 Å². The normalized spacial score (nSPS) is 16.5. The van der Waals surface area contributed by atoms with Crippen molar-refractivity contribution in [2.24, 2.45) is 0 Å². The van der Waals surface area contributed by atoms with Crippen LogP contribution in [0.4, 0.5) is 22.7 Å². The molecule has 0 aromatic heterocycles. The number of hydrogen-bond donors (Lipinski definition) is 0. The van der Waals surface area contributed by atoms with Crippen LogP contribution in [0.25, 0.3) is 0 Å². The van der Waals surface area contributed by atoms with Gasteiger partial charge < -0.3 is 9.80 Å². The zero-order chi connectivity index (χ0) is 23.9. The van der Waals surface area contributed by atoms with Crippen LogP contribution in [-0.2, 0) is 0 Å². The first-order chi connectivity index (χ1) is 17.2. The smallest absolute Gasteiger partial charge is 0.247 e. The highest BCUT2D eigenvalue weighted by Crippen LogP contribution is 2.43. The molecule has 2 nitrogen and oxygen atoms in total. The van der Waals surface area contributed by atoms with Gasteiger partial charge in [0.05, 0.1) is 0 Å². The molecule has 172 valence electrons. The molecule has 3 aliphatic rings. The predicted octanol–water partition coefficient (Wildman–Crippen LogP) is 7.22. The number of fused-ring (bicyclic) bond motifs is 2. The summed E-state index contributed by atoms with van der Waals surface area (Å²) >= 11 is 0. The van der Waals surface area contributed by atoms with Crippen LogP contribution in [0.2, 0.25) is 0 Å². The Morgan fingerprint density at radius 3 is 2.37 bits per heavy atom. The Morgan fingerprint density at radius 2 is 1.63 bits per heavy atom. The second-order valence-electron chi connectivity index (χ2n) is 9.65. The van der Waals surface area contributed by atoms with E-state index in [1.165, 1.54) is 56.1 Å². The molecule has 35 heavy (non-hydrogen) atoms. The average Bonchev–Trinajstić information content (AvgIpc) is 2.90. The van der Waals surface area contributed by atoms with Crippen LogP contribution < -0.4 is 20.7 Å². The number of benzene rings is 3. The summed E-state index contributed by atoms with van der Waals surface area (Å²) in [5.74, 6) is 0. The first-order valence-corrected chi connectivity index (χ1v) is 12.8. The maximum absolute atomic E-state index is 2.51. The van der Waals surface area contributed by atoms with Crippen molar-refractivity contribution >= 4 is 40.4 Å². The van der Waals surface area contributed by atoms with Crippen molar-refractivity contribution in [1.29, 1.82) is 0 Å². The van der Waals surface area contributed by atoms with Crippen molar-refractivity contribution < 1.29 is 0 Å². The van der Waals surface area contributed by atoms with E-state index in [4.69, 9.17) is 0 Å². The largest absolute Gasteiger partial charge is 0.312 e. The highest BCUT2D eigenvalue weighted by atomic mass is 15.2.